The average molecular weight is 494 g/mol. The molecule has 0 saturated heterocycles. The Morgan fingerprint density at radius 1 is 1.12 bits per heavy atom. The standard InChI is InChI=1S/C23H22F3N3O4S/c1-15(30)27-11-4-12-29-20(16-7-9-18(10-8-16)33-23(24,25)26)14-34-22(29)28-21(31)17-5-3-6-19(13-17)32-2/h3,5-10,13-14H,4,11-12H2,1-2H3,(H,27,30)/b28-22-. The van der Waals surface area contributed by atoms with E-state index in [1.165, 1.54) is 49.6 Å². The van der Waals surface area contributed by atoms with E-state index in [0.717, 1.165) is 0 Å². The molecule has 3 rings (SSSR count). The van der Waals surface area contributed by atoms with Gasteiger partial charge in [-0.25, -0.2) is 0 Å². The summed E-state index contributed by atoms with van der Waals surface area (Å²) in [6.07, 6.45) is -4.22. The molecule has 1 aromatic heterocycles. The van der Waals surface area contributed by atoms with E-state index in [4.69, 9.17) is 4.74 Å². The van der Waals surface area contributed by atoms with Crippen molar-refractivity contribution < 1.29 is 32.2 Å². The number of nitrogens with zero attached hydrogens (tertiary/aromatic N) is 2. The third-order valence-corrected chi connectivity index (χ3v) is 5.49. The number of thiazole rings is 1. The zero-order chi connectivity index (χ0) is 24.7. The summed E-state index contributed by atoms with van der Waals surface area (Å²) in [5.74, 6) is -0.426. The van der Waals surface area contributed by atoms with Gasteiger partial charge in [0.05, 0.1) is 12.8 Å². The summed E-state index contributed by atoms with van der Waals surface area (Å²) in [7, 11) is 1.50. The number of hydrogen-bond acceptors (Lipinski definition) is 5. The van der Waals surface area contributed by atoms with E-state index in [1.807, 2.05) is 0 Å². The maximum Gasteiger partial charge on any atom is 0.573 e. The highest BCUT2D eigenvalue weighted by molar-refractivity contribution is 7.07. The van der Waals surface area contributed by atoms with Crippen LogP contribution in [0.5, 0.6) is 11.5 Å². The Kier molecular flexibility index (Phi) is 8.11. The fraction of sp³-hybridized carbons (Fsp3) is 0.261. The maximum absolute atomic E-state index is 12.8. The van der Waals surface area contributed by atoms with Crippen molar-refractivity contribution >= 4 is 23.2 Å². The van der Waals surface area contributed by atoms with Crippen LogP contribution in [0.15, 0.2) is 58.9 Å². The van der Waals surface area contributed by atoms with E-state index in [-0.39, 0.29) is 11.7 Å². The first-order valence-electron chi connectivity index (χ1n) is 10.2. The second-order valence-corrected chi connectivity index (χ2v) is 7.95. The minimum Gasteiger partial charge on any atom is -0.497 e. The molecule has 11 heteroatoms. The minimum atomic E-state index is -4.78. The second-order valence-electron chi connectivity index (χ2n) is 7.11. The van der Waals surface area contributed by atoms with E-state index < -0.39 is 12.3 Å². The average Bonchev–Trinajstić information content (AvgIpc) is 3.18. The molecule has 2 aromatic carbocycles. The maximum atomic E-state index is 12.8. The van der Waals surface area contributed by atoms with Gasteiger partial charge in [0.1, 0.15) is 11.5 Å². The van der Waals surface area contributed by atoms with Gasteiger partial charge in [0.15, 0.2) is 4.80 Å². The van der Waals surface area contributed by atoms with E-state index >= 15 is 0 Å². The fourth-order valence-corrected chi connectivity index (χ4v) is 4.03. The summed E-state index contributed by atoms with van der Waals surface area (Å²) in [4.78, 5) is 28.6. The number of hydrogen-bond donors (Lipinski definition) is 1. The number of carbonyl (C=O) groups is 2. The van der Waals surface area contributed by atoms with Gasteiger partial charge < -0.3 is 19.4 Å². The third kappa shape index (κ3) is 6.95. The molecule has 0 saturated carbocycles. The normalized spacial score (nSPS) is 11.9. The highest BCUT2D eigenvalue weighted by Gasteiger charge is 2.31. The Hall–Kier alpha value is -3.60. The van der Waals surface area contributed by atoms with Crippen molar-refractivity contribution in [1.29, 1.82) is 0 Å². The molecule has 3 aromatic rings. The largest absolute Gasteiger partial charge is 0.573 e. The number of carbonyl (C=O) groups excluding carboxylic acids is 2. The van der Waals surface area contributed by atoms with Crippen LogP contribution in [0.25, 0.3) is 11.3 Å². The number of methoxy groups -OCH3 is 1. The molecule has 0 bridgehead atoms. The van der Waals surface area contributed by atoms with Gasteiger partial charge in [-0.2, -0.15) is 4.99 Å². The quantitative estimate of drug-likeness (QED) is 0.472. The molecule has 0 aliphatic carbocycles. The molecular weight excluding hydrogens is 471 g/mol. The van der Waals surface area contributed by atoms with Gasteiger partial charge in [-0.15, -0.1) is 24.5 Å². The van der Waals surface area contributed by atoms with Crippen LogP contribution in [-0.2, 0) is 11.3 Å². The molecule has 0 aliphatic heterocycles. The number of ether oxygens (including phenoxy) is 2. The van der Waals surface area contributed by atoms with Gasteiger partial charge in [0.25, 0.3) is 5.91 Å². The van der Waals surface area contributed by atoms with Gasteiger partial charge in [-0.05, 0) is 54.4 Å². The van der Waals surface area contributed by atoms with Crippen LogP contribution in [0.3, 0.4) is 0 Å². The van der Waals surface area contributed by atoms with Crippen molar-refractivity contribution in [2.24, 2.45) is 4.99 Å². The van der Waals surface area contributed by atoms with Crippen molar-refractivity contribution in [3.8, 4) is 22.8 Å². The van der Waals surface area contributed by atoms with E-state index in [0.29, 0.717) is 46.9 Å². The highest BCUT2D eigenvalue weighted by Crippen LogP contribution is 2.27. The molecule has 0 fully saturated rings. The number of amides is 2. The Bertz CT molecular complexity index is 1220. The predicted molar refractivity (Wildman–Crippen MR) is 121 cm³/mol. The number of nitrogens with one attached hydrogen (secondary N) is 1. The van der Waals surface area contributed by atoms with Gasteiger partial charge in [0.2, 0.25) is 5.91 Å². The second kappa shape index (κ2) is 11.0. The molecule has 2 amide bonds. The van der Waals surface area contributed by atoms with E-state index in [2.05, 4.69) is 15.0 Å². The molecular formula is C23H22F3N3O4S. The monoisotopic (exact) mass is 493 g/mol. The van der Waals surface area contributed by atoms with Crippen LogP contribution < -0.4 is 19.6 Å². The zero-order valence-corrected chi connectivity index (χ0v) is 19.2. The Morgan fingerprint density at radius 2 is 1.85 bits per heavy atom. The van der Waals surface area contributed by atoms with Crippen LogP contribution in [0, 0.1) is 0 Å². The van der Waals surface area contributed by atoms with Crippen LogP contribution in [0.4, 0.5) is 13.2 Å². The number of aromatic nitrogens is 1. The van der Waals surface area contributed by atoms with Crippen molar-refractivity contribution in [3.63, 3.8) is 0 Å². The van der Waals surface area contributed by atoms with Crippen LogP contribution >= 0.6 is 11.3 Å². The number of alkyl halides is 3. The third-order valence-electron chi connectivity index (χ3n) is 4.63. The lowest BCUT2D eigenvalue weighted by atomic mass is 10.1. The van der Waals surface area contributed by atoms with Crippen molar-refractivity contribution in [3.05, 3.63) is 64.3 Å². The minimum absolute atomic E-state index is 0.158. The van der Waals surface area contributed by atoms with Gasteiger partial charge in [-0.3, -0.25) is 9.59 Å². The topological polar surface area (TPSA) is 81.9 Å². The van der Waals surface area contributed by atoms with Crippen molar-refractivity contribution in [2.75, 3.05) is 13.7 Å². The SMILES string of the molecule is COc1cccc(C(=O)/N=c2\scc(-c3ccc(OC(F)(F)F)cc3)n2CCCNC(C)=O)c1. The van der Waals surface area contributed by atoms with E-state index in [1.54, 1.807) is 34.2 Å². The lowest BCUT2D eigenvalue weighted by Gasteiger charge is -2.11. The predicted octanol–water partition coefficient (Wildman–Crippen LogP) is 4.39. The highest BCUT2D eigenvalue weighted by atomic mass is 32.1. The van der Waals surface area contributed by atoms with Crippen molar-refractivity contribution in [1.82, 2.24) is 9.88 Å². The molecule has 0 spiro atoms. The zero-order valence-electron chi connectivity index (χ0n) is 18.4. The van der Waals surface area contributed by atoms with Crippen LogP contribution in [-0.4, -0.2) is 36.4 Å². The van der Waals surface area contributed by atoms with Crippen LogP contribution in [0.1, 0.15) is 23.7 Å². The fourth-order valence-electron chi connectivity index (χ4n) is 3.10. The summed E-state index contributed by atoms with van der Waals surface area (Å²) in [5, 5.41) is 4.49. The van der Waals surface area contributed by atoms with Gasteiger partial charge >= 0.3 is 6.36 Å². The smallest absolute Gasteiger partial charge is 0.497 e. The molecule has 0 aliphatic rings. The molecule has 34 heavy (non-hydrogen) atoms. The lowest BCUT2D eigenvalue weighted by molar-refractivity contribution is -0.274. The summed E-state index contributed by atoms with van der Waals surface area (Å²) in [6, 6.07) is 12.1. The summed E-state index contributed by atoms with van der Waals surface area (Å²) >= 11 is 1.23. The molecule has 7 nitrogen and oxygen atoms in total. The Morgan fingerprint density at radius 3 is 2.50 bits per heavy atom. The Labute approximate surface area is 197 Å². The molecule has 0 atom stereocenters. The first kappa shape index (κ1) is 25.0. The van der Waals surface area contributed by atoms with Gasteiger partial charge in [-0.1, -0.05) is 6.07 Å². The summed E-state index contributed by atoms with van der Waals surface area (Å²) in [5.41, 5.74) is 1.65. The molecule has 1 N–H and O–H groups in total. The van der Waals surface area contributed by atoms with Gasteiger partial charge in [0, 0.05) is 31.0 Å². The molecule has 1 heterocycles. The summed E-state index contributed by atoms with van der Waals surface area (Å²) in [6.45, 7) is 2.25. The number of benzene rings is 2. The summed E-state index contributed by atoms with van der Waals surface area (Å²) < 4.78 is 48.3. The Balaban J connectivity index is 1.94. The van der Waals surface area contributed by atoms with Crippen molar-refractivity contribution in [2.45, 2.75) is 26.3 Å². The first-order valence-corrected chi connectivity index (χ1v) is 11.1. The molecule has 180 valence electrons. The number of halogens is 3. The number of rotatable bonds is 8. The first-order chi connectivity index (χ1) is 16.2. The lowest BCUT2D eigenvalue weighted by Crippen LogP contribution is -2.24. The van der Waals surface area contributed by atoms with Crippen LogP contribution in [0.2, 0.25) is 0 Å². The molecule has 0 radical (unpaired) electrons. The molecule has 0 unspecified atom stereocenters. The van der Waals surface area contributed by atoms with E-state index in [9.17, 15) is 22.8 Å².